The van der Waals surface area contributed by atoms with E-state index in [1.807, 2.05) is 18.8 Å². The first-order valence-electron chi connectivity index (χ1n) is 8.82. The highest BCUT2D eigenvalue weighted by atomic mass is 32.2. The second-order valence-electron chi connectivity index (χ2n) is 6.29. The van der Waals surface area contributed by atoms with Crippen LogP contribution >= 0.6 is 11.8 Å². The summed E-state index contributed by atoms with van der Waals surface area (Å²) >= 11 is 1.93. The summed E-state index contributed by atoms with van der Waals surface area (Å²) in [5.74, 6) is 3.16. The Bertz CT molecular complexity index is 453. The molecule has 2 rings (SSSR count). The van der Waals surface area contributed by atoms with E-state index in [0.29, 0.717) is 0 Å². The first-order chi connectivity index (χ1) is 11.3. The van der Waals surface area contributed by atoms with Gasteiger partial charge in [0.25, 0.3) is 0 Å². The molecule has 0 radical (unpaired) electrons. The van der Waals surface area contributed by atoms with E-state index >= 15 is 0 Å². The van der Waals surface area contributed by atoms with Gasteiger partial charge in [-0.25, -0.2) is 0 Å². The lowest BCUT2D eigenvalue weighted by atomic mass is 9.90. The van der Waals surface area contributed by atoms with E-state index in [0.717, 1.165) is 31.5 Å². The third-order valence-electron chi connectivity index (χ3n) is 4.55. The Labute approximate surface area is 145 Å². The van der Waals surface area contributed by atoms with Crippen LogP contribution in [0.25, 0.3) is 0 Å². The molecule has 1 heterocycles. The highest BCUT2D eigenvalue weighted by molar-refractivity contribution is 7.98. The van der Waals surface area contributed by atoms with Gasteiger partial charge in [0.2, 0.25) is 0 Å². The number of piperidine rings is 1. The summed E-state index contributed by atoms with van der Waals surface area (Å²) in [6.07, 6.45) is 8.43. The van der Waals surface area contributed by atoms with E-state index in [9.17, 15) is 0 Å². The molecule has 0 bridgehead atoms. The Morgan fingerprint density at radius 3 is 2.61 bits per heavy atom. The molecule has 1 aliphatic rings. The van der Waals surface area contributed by atoms with Gasteiger partial charge in [0, 0.05) is 26.7 Å². The van der Waals surface area contributed by atoms with Crippen LogP contribution in [0.1, 0.15) is 31.2 Å². The maximum atomic E-state index is 4.46. The summed E-state index contributed by atoms with van der Waals surface area (Å²) in [5, 5.41) is 3.53. The van der Waals surface area contributed by atoms with Crippen molar-refractivity contribution >= 4 is 17.7 Å². The van der Waals surface area contributed by atoms with Gasteiger partial charge in [0.05, 0.1) is 0 Å². The zero-order chi connectivity index (χ0) is 16.3. The number of nitrogens with one attached hydrogen (secondary N) is 1. The van der Waals surface area contributed by atoms with Gasteiger partial charge in [-0.15, -0.1) is 0 Å². The molecule has 0 amide bonds. The average Bonchev–Trinajstić information content (AvgIpc) is 2.60. The van der Waals surface area contributed by atoms with Crippen LogP contribution in [0.15, 0.2) is 35.3 Å². The molecule has 0 aliphatic carbocycles. The van der Waals surface area contributed by atoms with E-state index in [1.165, 1.54) is 43.4 Å². The summed E-state index contributed by atoms with van der Waals surface area (Å²) in [6.45, 7) is 3.29. The maximum absolute atomic E-state index is 4.46. The predicted molar refractivity (Wildman–Crippen MR) is 103 cm³/mol. The summed E-state index contributed by atoms with van der Waals surface area (Å²) in [7, 11) is 1.90. The molecular formula is C19H31N3S. The molecular weight excluding hydrogens is 302 g/mol. The Morgan fingerprint density at radius 1 is 1.22 bits per heavy atom. The van der Waals surface area contributed by atoms with Crippen LogP contribution in [0.3, 0.4) is 0 Å². The number of hydrogen-bond acceptors (Lipinski definition) is 2. The molecule has 1 aromatic rings. The van der Waals surface area contributed by atoms with Crippen molar-refractivity contribution in [1.82, 2.24) is 10.2 Å². The molecule has 0 atom stereocenters. The molecule has 0 aromatic heterocycles. The Morgan fingerprint density at radius 2 is 1.96 bits per heavy atom. The number of likely N-dealkylation sites (tertiary alicyclic amines) is 1. The smallest absolute Gasteiger partial charge is 0.193 e. The van der Waals surface area contributed by atoms with E-state index in [4.69, 9.17) is 0 Å². The third-order valence-corrected chi connectivity index (χ3v) is 5.25. The Kier molecular flexibility index (Phi) is 8.37. The van der Waals surface area contributed by atoms with Crippen molar-refractivity contribution in [1.29, 1.82) is 0 Å². The zero-order valence-electron chi connectivity index (χ0n) is 14.6. The fourth-order valence-corrected chi connectivity index (χ4v) is 3.69. The highest BCUT2D eigenvalue weighted by Gasteiger charge is 2.21. The number of thioether (sulfide) groups is 1. The van der Waals surface area contributed by atoms with Crippen molar-refractivity contribution in [2.24, 2.45) is 10.9 Å². The SMILES string of the molecule is CN=C(NCCCCSC)N1CCC(Cc2ccccc2)CC1. The molecule has 1 aromatic carbocycles. The van der Waals surface area contributed by atoms with E-state index < -0.39 is 0 Å². The van der Waals surface area contributed by atoms with Crippen LogP contribution < -0.4 is 5.32 Å². The molecule has 4 heteroatoms. The average molecular weight is 334 g/mol. The summed E-state index contributed by atoms with van der Waals surface area (Å²) in [4.78, 5) is 6.89. The molecule has 1 aliphatic heterocycles. The molecule has 3 nitrogen and oxygen atoms in total. The van der Waals surface area contributed by atoms with Gasteiger partial charge in [-0.05, 0) is 55.6 Å². The Hall–Kier alpha value is -1.16. The van der Waals surface area contributed by atoms with Crippen LogP contribution in [0.2, 0.25) is 0 Å². The quantitative estimate of drug-likeness (QED) is 0.469. The maximum Gasteiger partial charge on any atom is 0.193 e. The normalized spacial score (nSPS) is 16.6. The van der Waals surface area contributed by atoms with Gasteiger partial charge >= 0.3 is 0 Å². The van der Waals surface area contributed by atoms with Gasteiger partial charge in [-0.1, -0.05) is 30.3 Å². The van der Waals surface area contributed by atoms with E-state index in [-0.39, 0.29) is 0 Å². The van der Waals surface area contributed by atoms with Crippen LogP contribution in [-0.2, 0) is 6.42 Å². The standard InChI is InChI=1S/C19H31N3S/c1-20-19(21-12-6-7-15-23-2)22-13-10-18(11-14-22)16-17-8-4-3-5-9-17/h3-5,8-9,18H,6-7,10-16H2,1-2H3,(H,20,21). The molecule has 128 valence electrons. The molecule has 0 unspecified atom stereocenters. The number of nitrogens with zero attached hydrogens (tertiary/aromatic N) is 2. The van der Waals surface area contributed by atoms with Gasteiger partial charge in [-0.2, -0.15) is 11.8 Å². The minimum atomic E-state index is 0.813. The largest absolute Gasteiger partial charge is 0.356 e. The number of hydrogen-bond donors (Lipinski definition) is 1. The number of aliphatic imine (C=N–C) groups is 1. The molecule has 1 N–H and O–H groups in total. The zero-order valence-corrected chi connectivity index (χ0v) is 15.4. The van der Waals surface area contributed by atoms with Gasteiger partial charge < -0.3 is 10.2 Å². The van der Waals surface area contributed by atoms with Crippen LogP contribution in [-0.4, -0.2) is 49.6 Å². The second kappa shape index (κ2) is 10.6. The number of rotatable bonds is 7. The first kappa shape index (κ1) is 18.2. The van der Waals surface area contributed by atoms with Crippen LogP contribution in [0, 0.1) is 5.92 Å². The third kappa shape index (κ3) is 6.46. The number of benzene rings is 1. The fraction of sp³-hybridized carbons (Fsp3) is 0.632. The van der Waals surface area contributed by atoms with Crippen LogP contribution in [0.5, 0.6) is 0 Å². The summed E-state index contributed by atoms with van der Waals surface area (Å²) in [5.41, 5.74) is 1.47. The van der Waals surface area contributed by atoms with Gasteiger partial charge in [-0.3, -0.25) is 4.99 Å². The lowest BCUT2D eigenvalue weighted by Gasteiger charge is -2.34. The lowest BCUT2D eigenvalue weighted by Crippen LogP contribution is -2.46. The summed E-state index contributed by atoms with van der Waals surface area (Å²) < 4.78 is 0. The number of unbranched alkanes of at least 4 members (excludes halogenated alkanes) is 1. The molecule has 0 saturated carbocycles. The molecule has 1 saturated heterocycles. The van der Waals surface area contributed by atoms with E-state index in [2.05, 4.69) is 51.8 Å². The van der Waals surface area contributed by atoms with Crippen molar-refractivity contribution in [3.63, 3.8) is 0 Å². The molecule has 23 heavy (non-hydrogen) atoms. The van der Waals surface area contributed by atoms with Gasteiger partial charge in [0.1, 0.15) is 0 Å². The Balaban J connectivity index is 1.69. The van der Waals surface area contributed by atoms with Crippen LogP contribution in [0.4, 0.5) is 0 Å². The molecule has 1 fully saturated rings. The fourth-order valence-electron chi connectivity index (χ4n) is 3.20. The second-order valence-corrected chi connectivity index (χ2v) is 7.28. The van der Waals surface area contributed by atoms with Crippen molar-refractivity contribution in [2.45, 2.75) is 32.1 Å². The highest BCUT2D eigenvalue weighted by Crippen LogP contribution is 2.21. The minimum Gasteiger partial charge on any atom is -0.356 e. The predicted octanol–water partition coefficient (Wildman–Crippen LogP) is 3.66. The minimum absolute atomic E-state index is 0.813. The van der Waals surface area contributed by atoms with Gasteiger partial charge in [0.15, 0.2) is 5.96 Å². The monoisotopic (exact) mass is 333 g/mol. The van der Waals surface area contributed by atoms with Crippen molar-refractivity contribution in [3.8, 4) is 0 Å². The van der Waals surface area contributed by atoms with Crippen molar-refractivity contribution in [3.05, 3.63) is 35.9 Å². The molecule has 0 spiro atoms. The topological polar surface area (TPSA) is 27.6 Å². The first-order valence-corrected chi connectivity index (χ1v) is 10.2. The lowest BCUT2D eigenvalue weighted by molar-refractivity contribution is 0.259. The van der Waals surface area contributed by atoms with Crippen molar-refractivity contribution in [2.75, 3.05) is 38.7 Å². The summed E-state index contributed by atoms with van der Waals surface area (Å²) in [6, 6.07) is 10.9. The van der Waals surface area contributed by atoms with Crippen molar-refractivity contribution < 1.29 is 0 Å². The van der Waals surface area contributed by atoms with E-state index in [1.54, 1.807) is 0 Å². The number of guanidine groups is 1.